The van der Waals surface area contributed by atoms with Gasteiger partial charge in [0, 0.05) is 19.2 Å². The van der Waals surface area contributed by atoms with E-state index in [-0.39, 0.29) is 12.5 Å². The van der Waals surface area contributed by atoms with Crippen LogP contribution in [0.2, 0.25) is 0 Å². The second-order valence-electron chi connectivity index (χ2n) is 4.70. The summed E-state index contributed by atoms with van der Waals surface area (Å²) in [6, 6.07) is 7.10. The van der Waals surface area contributed by atoms with Crippen LogP contribution in [0.3, 0.4) is 0 Å². The molecule has 0 heterocycles. The highest BCUT2D eigenvalue weighted by Crippen LogP contribution is 2.12. The predicted molar refractivity (Wildman–Crippen MR) is 85.0 cm³/mol. The Morgan fingerprint density at radius 3 is 2.50 bits per heavy atom. The summed E-state index contributed by atoms with van der Waals surface area (Å²) < 4.78 is 5.45. The zero-order chi connectivity index (χ0) is 15.0. The lowest BCUT2D eigenvalue weighted by Gasteiger charge is -2.17. The molecule has 0 aliphatic carbocycles. The van der Waals surface area contributed by atoms with Crippen molar-refractivity contribution in [2.45, 2.75) is 26.2 Å². The van der Waals surface area contributed by atoms with Crippen molar-refractivity contribution in [2.75, 3.05) is 20.2 Å². The molecule has 0 spiro atoms. The number of carbonyl (C=O) groups is 1. The maximum absolute atomic E-state index is 11.8. The number of nitrogens with zero attached hydrogens (tertiary/aromatic N) is 1. The van der Waals surface area contributed by atoms with Crippen molar-refractivity contribution in [3.05, 3.63) is 29.8 Å². The van der Waals surface area contributed by atoms with Crippen molar-refractivity contribution in [3.63, 3.8) is 0 Å². The van der Waals surface area contributed by atoms with Crippen LogP contribution < -0.4 is 10.5 Å². The van der Waals surface area contributed by atoms with Crippen molar-refractivity contribution in [1.29, 1.82) is 0 Å². The van der Waals surface area contributed by atoms with Gasteiger partial charge in [0.15, 0.2) is 6.61 Å². The van der Waals surface area contributed by atoms with E-state index in [9.17, 15) is 4.79 Å². The zero-order valence-electron chi connectivity index (χ0n) is 12.1. The quantitative estimate of drug-likeness (QED) is 0.590. The van der Waals surface area contributed by atoms with Crippen LogP contribution in [0.4, 0.5) is 0 Å². The van der Waals surface area contributed by atoms with Crippen LogP contribution in [0, 0.1) is 0 Å². The lowest BCUT2D eigenvalue weighted by Crippen LogP contribution is -2.32. The van der Waals surface area contributed by atoms with Crippen molar-refractivity contribution in [1.82, 2.24) is 4.90 Å². The Kier molecular flexibility index (Phi) is 7.01. The molecule has 0 aliphatic rings. The maximum atomic E-state index is 11.8. The molecule has 0 aromatic heterocycles. The molecule has 0 radical (unpaired) electrons. The fraction of sp³-hybridized carbons (Fsp3) is 0.467. The number of carbonyl (C=O) groups excluding carboxylic acids is 1. The highest BCUT2D eigenvalue weighted by Gasteiger charge is 2.09. The molecular formula is C15H22N2O2S. The normalized spacial score (nSPS) is 10.1. The minimum Gasteiger partial charge on any atom is -0.484 e. The third-order valence-electron chi connectivity index (χ3n) is 3.02. The Hall–Kier alpha value is -1.62. The van der Waals surface area contributed by atoms with E-state index in [4.69, 9.17) is 22.7 Å². The Morgan fingerprint density at radius 2 is 1.95 bits per heavy atom. The molecule has 4 nitrogen and oxygen atoms in total. The second-order valence-corrected chi connectivity index (χ2v) is 5.14. The number of hydrogen-bond acceptors (Lipinski definition) is 3. The zero-order valence-corrected chi connectivity index (χ0v) is 12.9. The minimum absolute atomic E-state index is 0.0143. The Morgan fingerprint density at radius 1 is 1.30 bits per heavy atom. The summed E-state index contributed by atoms with van der Waals surface area (Å²) >= 11 is 4.87. The van der Waals surface area contributed by atoms with Crippen LogP contribution in [0.5, 0.6) is 5.75 Å². The van der Waals surface area contributed by atoms with Crippen molar-refractivity contribution in [2.24, 2.45) is 5.73 Å². The van der Waals surface area contributed by atoms with Gasteiger partial charge in [0.2, 0.25) is 0 Å². The third-order valence-corrected chi connectivity index (χ3v) is 3.26. The molecule has 5 heteroatoms. The molecule has 0 saturated carbocycles. The third kappa shape index (κ3) is 5.57. The van der Waals surface area contributed by atoms with Crippen LogP contribution in [0.15, 0.2) is 24.3 Å². The summed E-state index contributed by atoms with van der Waals surface area (Å²) in [7, 11) is 1.80. The number of nitrogens with two attached hydrogens (primary N) is 1. The Labute approximate surface area is 125 Å². The van der Waals surface area contributed by atoms with Gasteiger partial charge in [-0.05, 0) is 30.7 Å². The molecule has 2 N–H and O–H groups in total. The molecule has 0 atom stereocenters. The van der Waals surface area contributed by atoms with Crippen LogP contribution in [-0.4, -0.2) is 36.0 Å². The summed E-state index contributed by atoms with van der Waals surface area (Å²) in [5.74, 6) is 0.625. The summed E-state index contributed by atoms with van der Waals surface area (Å²) in [5, 5.41) is 0. The van der Waals surface area contributed by atoms with E-state index in [0.717, 1.165) is 31.4 Å². The van der Waals surface area contributed by atoms with Gasteiger partial charge in [0.1, 0.15) is 10.7 Å². The topological polar surface area (TPSA) is 55.6 Å². The van der Waals surface area contributed by atoms with E-state index in [0.29, 0.717) is 10.7 Å². The van der Waals surface area contributed by atoms with Crippen LogP contribution in [0.25, 0.3) is 0 Å². The van der Waals surface area contributed by atoms with Gasteiger partial charge in [0.25, 0.3) is 5.91 Å². The molecule has 0 saturated heterocycles. The lowest BCUT2D eigenvalue weighted by atomic mass is 10.2. The van der Waals surface area contributed by atoms with Crippen molar-refractivity contribution in [3.8, 4) is 5.75 Å². The van der Waals surface area contributed by atoms with Gasteiger partial charge in [-0.25, -0.2) is 0 Å². The largest absolute Gasteiger partial charge is 0.484 e. The Bertz CT molecular complexity index is 446. The first-order chi connectivity index (χ1) is 9.54. The van der Waals surface area contributed by atoms with Gasteiger partial charge in [0.05, 0.1) is 0 Å². The van der Waals surface area contributed by atoms with E-state index >= 15 is 0 Å². The van der Waals surface area contributed by atoms with E-state index in [1.807, 2.05) is 0 Å². The number of ether oxygens (including phenoxy) is 1. The highest BCUT2D eigenvalue weighted by atomic mass is 32.1. The van der Waals surface area contributed by atoms with Gasteiger partial charge < -0.3 is 15.4 Å². The average molecular weight is 294 g/mol. The molecule has 1 rings (SSSR count). The number of thiocarbonyl (C=S) groups is 1. The predicted octanol–water partition coefficient (Wildman–Crippen LogP) is 2.35. The average Bonchev–Trinajstić information content (AvgIpc) is 2.45. The van der Waals surface area contributed by atoms with Gasteiger partial charge in [-0.3, -0.25) is 4.79 Å². The summed E-state index contributed by atoms with van der Waals surface area (Å²) in [6.45, 7) is 2.97. The summed E-state index contributed by atoms with van der Waals surface area (Å²) in [6.07, 6.45) is 3.31. The SMILES string of the molecule is CCCCCN(C)C(=O)COc1ccc(C(N)=S)cc1. The maximum Gasteiger partial charge on any atom is 0.260 e. The molecule has 0 unspecified atom stereocenters. The number of hydrogen-bond donors (Lipinski definition) is 1. The van der Waals surface area contributed by atoms with E-state index < -0.39 is 0 Å². The van der Waals surface area contributed by atoms with E-state index in [2.05, 4.69) is 6.92 Å². The number of likely N-dealkylation sites (N-methyl/N-ethyl adjacent to an activating group) is 1. The minimum atomic E-state index is -0.0143. The Balaban J connectivity index is 2.38. The molecule has 1 aromatic carbocycles. The number of amides is 1. The fourth-order valence-corrected chi connectivity index (χ4v) is 1.83. The highest BCUT2D eigenvalue weighted by molar-refractivity contribution is 7.80. The van der Waals surface area contributed by atoms with Crippen LogP contribution in [0.1, 0.15) is 31.7 Å². The molecule has 1 aromatic rings. The molecule has 1 amide bonds. The first kappa shape index (κ1) is 16.4. The molecule has 0 aliphatic heterocycles. The van der Waals surface area contributed by atoms with Crippen LogP contribution in [-0.2, 0) is 4.79 Å². The number of benzene rings is 1. The standard InChI is InChI=1S/C15H22N2O2S/c1-3-4-5-10-17(2)14(18)11-19-13-8-6-12(7-9-13)15(16)20/h6-9H,3-5,10-11H2,1-2H3,(H2,16,20). The van der Waals surface area contributed by atoms with E-state index in [1.165, 1.54) is 0 Å². The lowest BCUT2D eigenvalue weighted by molar-refractivity contribution is -0.132. The fourth-order valence-electron chi connectivity index (χ4n) is 1.69. The molecule has 0 fully saturated rings. The van der Waals surface area contributed by atoms with Gasteiger partial charge in [-0.2, -0.15) is 0 Å². The smallest absolute Gasteiger partial charge is 0.260 e. The first-order valence-electron chi connectivity index (χ1n) is 6.81. The van der Waals surface area contributed by atoms with Crippen LogP contribution >= 0.6 is 12.2 Å². The molecule has 110 valence electrons. The monoisotopic (exact) mass is 294 g/mol. The molecule has 0 bridgehead atoms. The van der Waals surface area contributed by atoms with E-state index in [1.54, 1.807) is 36.2 Å². The first-order valence-corrected chi connectivity index (χ1v) is 7.22. The molecular weight excluding hydrogens is 272 g/mol. The number of rotatable bonds is 8. The van der Waals surface area contributed by atoms with Crippen molar-refractivity contribution < 1.29 is 9.53 Å². The van der Waals surface area contributed by atoms with Gasteiger partial charge in [-0.15, -0.1) is 0 Å². The van der Waals surface area contributed by atoms with Gasteiger partial charge >= 0.3 is 0 Å². The number of unbranched alkanes of at least 4 members (excludes halogenated alkanes) is 2. The molecule has 20 heavy (non-hydrogen) atoms. The second kappa shape index (κ2) is 8.53. The van der Waals surface area contributed by atoms with Crippen molar-refractivity contribution >= 4 is 23.1 Å². The van der Waals surface area contributed by atoms with Gasteiger partial charge in [-0.1, -0.05) is 32.0 Å². The summed E-state index contributed by atoms with van der Waals surface area (Å²) in [5.41, 5.74) is 6.30. The summed E-state index contributed by atoms with van der Waals surface area (Å²) in [4.78, 5) is 13.9.